The van der Waals surface area contributed by atoms with Crippen LogP contribution in [0, 0.1) is 0 Å². The van der Waals surface area contributed by atoms with Gasteiger partial charge >= 0.3 is 0 Å². The lowest BCUT2D eigenvalue weighted by Gasteiger charge is -2.46. The Kier molecular flexibility index (Phi) is 25.1. The third-order valence-corrected chi connectivity index (χ3v) is 13.6. The Morgan fingerprint density at radius 1 is 0.558 bits per heavy atom. The normalized spacial score (nSPS) is 18.5. The number of nitrogens with one attached hydrogen (secondary N) is 2. The zero-order valence-electron chi connectivity index (χ0n) is 44.7. The van der Waals surface area contributed by atoms with Crippen molar-refractivity contribution in [1.29, 1.82) is 0 Å². The summed E-state index contributed by atoms with van der Waals surface area (Å²) in [6.45, 7) is 3.84. The number of aliphatic hydroxyl groups is 1. The van der Waals surface area contributed by atoms with E-state index in [1.165, 1.54) is 0 Å². The van der Waals surface area contributed by atoms with Crippen molar-refractivity contribution >= 4 is 11.8 Å². The lowest BCUT2D eigenvalue weighted by molar-refractivity contribution is -0.330. The molecule has 1 saturated heterocycles. The molecule has 410 valence electrons. The quantitative estimate of drug-likeness (QED) is 0.0331. The summed E-state index contributed by atoms with van der Waals surface area (Å²) in [7, 11) is 1.60. The molecule has 6 aromatic carbocycles. The number of amides is 2. The summed E-state index contributed by atoms with van der Waals surface area (Å²) in [4.78, 5) is 26.6. The number of aliphatic hydroxyl groups excluding tert-OH is 1. The van der Waals surface area contributed by atoms with Gasteiger partial charge in [0, 0.05) is 18.5 Å². The molecule has 8 atom stereocenters. The average molecular weight is 1050 g/mol. The predicted octanol–water partition coefficient (Wildman–Crippen LogP) is 10.7. The van der Waals surface area contributed by atoms with Gasteiger partial charge < -0.3 is 53.6 Å². The van der Waals surface area contributed by atoms with E-state index in [-0.39, 0.29) is 57.9 Å². The van der Waals surface area contributed by atoms with E-state index >= 15 is 0 Å². The second-order valence-corrected chi connectivity index (χ2v) is 19.4. The number of methoxy groups -OCH3 is 1. The second-order valence-electron chi connectivity index (χ2n) is 19.4. The van der Waals surface area contributed by atoms with Gasteiger partial charge in [-0.05, 0) is 71.3 Å². The maximum absolute atomic E-state index is 14.0. The highest BCUT2D eigenvalue weighted by Gasteiger charge is 2.49. The van der Waals surface area contributed by atoms with Gasteiger partial charge in [0.2, 0.25) is 5.91 Å². The van der Waals surface area contributed by atoms with Gasteiger partial charge in [-0.3, -0.25) is 9.59 Å². The van der Waals surface area contributed by atoms with Crippen molar-refractivity contribution in [3.05, 3.63) is 209 Å². The van der Waals surface area contributed by atoms with Crippen LogP contribution < -0.4 is 15.4 Å². The third kappa shape index (κ3) is 19.9. The number of carbonyl (C=O) groups excluding carboxylic acids is 2. The van der Waals surface area contributed by atoms with Crippen molar-refractivity contribution in [2.45, 2.75) is 140 Å². The first-order chi connectivity index (χ1) is 37.9. The lowest BCUT2D eigenvalue weighted by Crippen LogP contribution is -2.62. The minimum atomic E-state index is -1.05. The molecule has 2 amide bonds. The van der Waals surface area contributed by atoms with Crippen molar-refractivity contribution in [3.63, 3.8) is 0 Å². The van der Waals surface area contributed by atoms with Crippen molar-refractivity contribution in [1.82, 2.24) is 10.6 Å². The number of benzene rings is 6. The molecule has 1 aliphatic heterocycles. The van der Waals surface area contributed by atoms with Crippen LogP contribution in [0.4, 0.5) is 0 Å². The zero-order chi connectivity index (χ0) is 53.7. The minimum Gasteiger partial charge on any atom is -0.497 e. The standard InChI is InChI=1S/C64H78N2O11/c1-3-56(67)59(72-42-49-27-15-9-16-28-49)55(66-58(68)35-23-6-4-5-7-24-40-65-63(69)53-36-38-54(70-2)39-37-53)46-76-64-62(75-45-52-33-21-12-22-34-52)61(74-44-51-31-19-11-20-32-51)60(73-43-50-29-17-10-18-30-50)57(77-64)47-71-41-48-25-13-8-14-26-48/h8-22,25-34,36-39,55-57,59-62,64,67H,3-7,23-24,35,40-47H2,1-2H3,(H,65,69)(H,66,68)/t55-,56+,57?,59-,60-,61-,62?,64-/m0/s1. The fourth-order valence-electron chi connectivity index (χ4n) is 9.24. The van der Waals surface area contributed by atoms with Gasteiger partial charge in [0.25, 0.3) is 5.91 Å². The van der Waals surface area contributed by atoms with Crippen LogP contribution in [0.3, 0.4) is 0 Å². The number of unbranched alkanes of at least 4 members (excludes halogenated alkanes) is 5. The SMILES string of the molecule is CC[C@@H](O)[C@@H](OCc1ccccc1)[C@H](CO[C@H]1OC(COCc2ccccc2)[C@H](OCc2ccccc2)[C@H](OCc2ccccc2)C1OCc1ccccc1)NC(=O)CCCCCCCCNC(=O)c1ccc(OC)cc1. The molecule has 7 rings (SSSR count). The smallest absolute Gasteiger partial charge is 0.251 e. The van der Waals surface area contributed by atoms with E-state index in [4.69, 9.17) is 37.9 Å². The third-order valence-electron chi connectivity index (χ3n) is 13.6. The van der Waals surface area contributed by atoms with Crippen molar-refractivity contribution in [2.24, 2.45) is 0 Å². The molecule has 0 bridgehead atoms. The van der Waals surface area contributed by atoms with Crippen LogP contribution in [0.15, 0.2) is 176 Å². The molecule has 0 saturated carbocycles. The molecule has 6 aromatic rings. The first-order valence-corrected chi connectivity index (χ1v) is 27.3. The molecular weight excluding hydrogens is 973 g/mol. The van der Waals surface area contributed by atoms with Gasteiger partial charge in [-0.25, -0.2) is 0 Å². The first kappa shape index (κ1) is 58.4. The summed E-state index contributed by atoms with van der Waals surface area (Å²) in [5.41, 5.74) is 5.44. The highest BCUT2D eigenvalue weighted by Crippen LogP contribution is 2.32. The van der Waals surface area contributed by atoms with E-state index in [0.29, 0.717) is 37.3 Å². The zero-order valence-corrected chi connectivity index (χ0v) is 44.7. The molecule has 0 aliphatic carbocycles. The van der Waals surface area contributed by atoms with Gasteiger partial charge in [-0.1, -0.05) is 184 Å². The number of hydrogen-bond acceptors (Lipinski definition) is 11. The topological polar surface area (TPSA) is 152 Å². The molecule has 2 unspecified atom stereocenters. The molecule has 1 heterocycles. The van der Waals surface area contributed by atoms with Gasteiger partial charge in [0.05, 0.1) is 65.5 Å². The number of rotatable bonds is 34. The van der Waals surface area contributed by atoms with Crippen molar-refractivity contribution in [2.75, 3.05) is 26.9 Å². The van der Waals surface area contributed by atoms with Crippen LogP contribution in [0.5, 0.6) is 5.75 Å². The fraction of sp³-hybridized carbons (Fsp3) is 0.406. The van der Waals surface area contributed by atoms with E-state index < -0.39 is 49.0 Å². The Bertz CT molecular complexity index is 2530. The summed E-state index contributed by atoms with van der Waals surface area (Å²) >= 11 is 0. The summed E-state index contributed by atoms with van der Waals surface area (Å²) < 4.78 is 52.8. The van der Waals surface area contributed by atoms with Gasteiger partial charge in [-0.15, -0.1) is 0 Å². The highest BCUT2D eigenvalue weighted by atomic mass is 16.7. The molecule has 3 N–H and O–H groups in total. The van der Waals surface area contributed by atoms with Crippen molar-refractivity contribution in [3.8, 4) is 5.75 Å². The predicted molar refractivity (Wildman–Crippen MR) is 297 cm³/mol. The maximum atomic E-state index is 14.0. The molecule has 0 spiro atoms. The molecule has 1 fully saturated rings. The van der Waals surface area contributed by atoms with E-state index in [1.807, 2.05) is 159 Å². The average Bonchev–Trinajstić information content (AvgIpc) is 3.48. The summed E-state index contributed by atoms with van der Waals surface area (Å²) in [6, 6.07) is 55.9. The maximum Gasteiger partial charge on any atom is 0.251 e. The van der Waals surface area contributed by atoms with Gasteiger partial charge in [0.1, 0.15) is 36.3 Å². The Hall–Kier alpha value is -6.26. The Labute approximate surface area is 455 Å². The number of hydrogen-bond donors (Lipinski definition) is 3. The molecule has 13 heteroatoms. The summed E-state index contributed by atoms with van der Waals surface area (Å²) in [5, 5.41) is 17.9. The Balaban J connectivity index is 1.08. The van der Waals surface area contributed by atoms with Crippen molar-refractivity contribution < 1.29 is 52.6 Å². The molecule has 0 aromatic heterocycles. The van der Waals surface area contributed by atoms with Crippen LogP contribution >= 0.6 is 0 Å². The Morgan fingerprint density at radius 3 is 1.57 bits per heavy atom. The van der Waals surface area contributed by atoms with E-state index in [2.05, 4.69) is 10.6 Å². The van der Waals surface area contributed by atoms with Crippen LogP contribution in [-0.4, -0.2) is 92.7 Å². The van der Waals surface area contributed by atoms with Crippen LogP contribution in [-0.2, 0) is 71.0 Å². The van der Waals surface area contributed by atoms with E-state index in [9.17, 15) is 14.7 Å². The molecule has 13 nitrogen and oxygen atoms in total. The number of ether oxygens (including phenoxy) is 8. The molecule has 77 heavy (non-hydrogen) atoms. The second kappa shape index (κ2) is 33.1. The molecule has 0 radical (unpaired) electrons. The van der Waals surface area contributed by atoms with Crippen LogP contribution in [0.2, 0.25) is 0 Å². The minimum absolute atomic E-state index is 0.0916. The largest absolute Gasteiger partial charge is 0.497 e. The van der Waals surface area contributed by atoms with E-state index in [0.717, 1.165) is 59.9 Å². The van der Waals surface area contributed by atoms with Crippen LogP contribution in [0.25, 0.3) is 0 Å². The summed E-state index contributed by atoms with van der Waals surface area (Å²) in [6.07, 6.45) is 0.155. The van der Waals surface area contributed by atoms with Crippen LogP contribution in [0.1, 0.15) is 96.5 Å². The number of carbonyl (C=O) groups is 2. The van der Waals surface area contributed by atoms with Gasteiger partial charge in [0.15, 0.2) is 6.29 Å². The molecular formula is C64H78N2O11. The first-order valence-electron chi connectivity index (χ1n) is 27.3. The van der Waals surface area contributed by atoms with E-state index in [1.54, 1.807) is 31.4 Å². The highest BCUT2D eigenvalue weighted by molar-refractivity contribution is 5.94. The monoisotopic (exact) mass is 1050 g/mol. The Morgan fingerprint density at radius 2 is 1.04 bits per heavy atom. The van der Waals surface area contributed by atoms with Gasteiger partial charge in [-0.2, -0.15) is 0 Å². The fourth-order valence-corrected chi connectivity index (χ4v) is 9.24. The summed E-state index contributed by atoms with van der Waals surface area (Å²) in [5.74, 6) is 0.425. The lowest BCUT2D eigenvalue weighted by atomic mass is 9.97. The molecule has 1 aliphatic rings.